The van der Waals surface area contributed by atoms with Crippen molar-refractivity contribution in [3.63, 3.8) is 0 Å². The van der Waals surface area contributed by atoms with Crippen LogP contribution in [0.4, 0.5) is 0 Å². The lowest BCUT2D eigenvalue weighted by atomic mass is 9.83. The predicted molar refractivity (Wildman–Crippen MR) is 155 cm³/mol. The largest absolute Gasteiger partial charge is 0.506 e. The molecule has 3 aromatic carbocycles. The van der Waals surface area contributed by atoms with Gasteiger partial charge in [-0.2, -0.15) is 0 Å². The zero-order chi connectivity index (χ0) is 24.3. The van der Waals surface area contributed by atoms with Crippen LogP contribution in [0.3, 0.4) is 0 Å². The first-order chi connectivity index (χ1) is 16.9. The van der Waals surface area contributed by atoms with Gasteiger partial charge in [-0.1, -0.05) is 79.6 Å². The number of fused-ring (bicyclic) bond motifs is 3. The molecular weight excluding hydrogens is 703 g/mol. The van der Waals surface area contributed by atoms with Gasteiger partial charge in [-0.05, 0) is 82.5 Å². The molecule has 2 aliphatic rings. The van der Waals surface area contributed by atoms with Crippen molar-refractivity contribution in [3.8, 4) is 5.75 Å². The number of thiazole rings is 1. The topological polar surface area (TPSA) is 54.6 Å². The molecule has 1 aromatic heterocycles. The van der Waals surface area contributed by atoms with Crippen molar-refractivity contribution < 1.29 is 5.11 Å². The molecular formula is C27H17Br2IN2O2S. The summed E-state index contributed by atoms with van der Waals surface area (Å²) in [6.07, 6.45) is 3.54. The van der Waals surface area contributed by atoms with E-state index in [1.165, 1.54) is 22.5 Å². The molecule has 0 fully saturated rings. The first kappa shape index (κ1) is 23.4. The third-order valence-corrected chi connectivity index (χ3v) is 9.19. The van der Waals surface area contributed by atoms with Gasteiger partial charge in [0.25, 0.3) is 5.56 Å². The average Bonchev–Trinajstić information content (AvgIpc) is 3.16. The van der Waals surface area contributed by atoms with Crippen LogP contribution in [-0.2, 0) is 6.42 Å². The maximum atomic E-state index is 13.8. The van der Waals surface area contributed by atoms with E-state index in [9.17, 15) is 9.90 Å². The van der Waals surface area contributed by atoms with E-state index in [1.54, 1.807) is 6.08 Å². The van der Waals surface area contributed by atoms with E-state index in [4.69, 9.17) is 4.99 Å². The normalized spacial score (nSPS) is 17.0. The molecule has 4 nitrogen and oxygen atoms in total. The molecule has 4 aromatic rings. The average molecular weight is 720 g/mol. The van der Waals surface area contributed by atoms with E-state index in [1.807, 2.05) is 34.9 Å². The molecule has 0 spiro atoms. The van der Waals surface area contributed by atoms with E-state index in [2.05, 4.69) is 84.8 Å². The molecule has 0 bridgehead atoms. The summed E-state index contributed by atoms with van der Waals surface area (Å²) in [7, 11) is 0. The summed E-state index contributed by atoms with van der Waals surface area (Å²) in [4.78, 5) is 19.5. The number of allylic oxidation sites excluding steroid dienone is 1. The highest BCUT2D eigenvalue weighted by molar-refractivity contribution is 14.1. The minimum atomic E-state index is -0.221. The van der Waals surface area contributed by atoms with Crippen LogP contribution < -0.4 is 14.9 Å². The van der Waals surface area contributed by atoms with Crippen LogP contribution in [0.15, 0.2) is 85.0 Å². The first-order valence-corrected chi connectivity index (χ1v) is 14.5. The standard InChI is InChI=1S/C27H17Br2IN2O2S/c28-17-8-5-15(6-9-17)24-20-10-7-14-3-1-2-4-19(14)23(20)31-27-32(24)26(34)22(35-27)12-16-11-18(29)13-21(30)25(16)33/h1-6,8-9,11-13,24,33H,7,10H2/b22-12-/t24-/m0/s1. The number of phenolic OH excluding ortho intramolecular Hbond substituents is 1. The highest BCUT2D eigenvalue weighted by Crippen LogP contribution is 2.41. The summed E-state index contributed by atoms with van der Waals surface area (Å²) in [5.41, 5.74) is 6.15. The number of phenols is 1. The second kappa shape index (κ2) is 9.14. The van der Waals surface area contributed by atoms with Gasteiger partial charge in [-0.25, -0.2) is 4.99 Å². The molecule has 0 radical (unpaired) electrons. The predicted octanol–water partition coefficient (Wildman–Crippen LogP) is 6.15. The van der Waals surface area contributed by atoms with E-state index >= 15 is 0 Å². The third-order valence-electron chi connectivity index (χ3n) is 6.40. The quantitative estimate of drug-likeness (QED) is 0.253. The zero-order valence-corrected chi connectivity index (χ0v) is 24.3. The van der Waals surface area contributed by atoms with Gasteiger partial charge in [0.1, 0.15) is 5.75 Å². The molecule has 2 heterocycles. The lowest BCUT2D eigenvalue weighted by molar-refractivity contribution is 0.470. The Balaban J connectivity index is 1.64. The van der Waals surface area contributed by atoms with Crippen LogP contribution in [-0.4, -0.2) is 9.67 Å². The summed E-state index contributed by atoms with van der Waals surface area (Å²) in [6.45, 7) is 0. The number of rotatable bonds is 2. The Morgan fingerprint density at radius 1 is 1.06 bits per heavy atom. The summed E-state index contributed by atoms with van der Waals surface area (Å²) < 4.78 is 4.93. The minimum Gasteiger partial charge on any atom is -0.506 e. The Morgan fingerprint density at radius 3 is 2.63 bits per heavy atom. The number of aromatic hydroxyl groups is 1. The Kier molecular flexibility index (Phi) is 6.11. The lowest BCUT2D eigenvalue weighted by Crippen LogP contribution is -2.38. The number of halogens is 3. The van der Waals surface area contributed by atoms with Crippen molar-refractivity contribution in [2.24, 2.45) is 4.99 Å². The number of benzene rings is 3. The number of hydrogen-bond donors (Lipinski definition) is 1. The highest BCUT2D eigenvalue weighted by Gasteiger charge is 2.32. The molecule has 1 aliphatic heterocycles. The minimum absolute atomic E-state index is 0.0959. The van der Waals surface area contributed by atoms with Gasteiger partial charge in [-0.3, -0.25) is 9.36 Å². The fourth-order valence-corrected chi connectivity index (χ4v) is 7.61. The van der Waals surface area contributed by atoms with Crippen LogP contribution in [0.25, 0.3) is 11.8 Å². The highest BCUT2D eigenvalue weighted by atomic mass is 127. The zero-order valence-electron chi connectivity index (χ0n) is 18.1. The van der Waals surface area contributed by atoms with Gasteiger partial charge in [0.2, 0.25) is 0 Å². The second-order valence-corrected chi connectivity index (χ2v) is 12.5. The van der Waals surface area contributed by atoms with Crippen LogP contribution in [0, 0.1) is 3.57 Å². The van der Waals surface area contributed by atoms with E-state index < -0.39 is 0 Å². The number of aromatic nitrogens is 1. The van der Waals surface area contributed by atoms with Crippen molar-refractivity contribution in [3.05, 3.63) is 121 Å². The number of hydrogen-bond acceptors (Lipinski definition) is 4. The number of nitrogens with zero attached hydrogens (tertiary/aromatic N) is 2. The summed E-state index contributed by atoms with van der Waals surface area (Å²) in [5, 5.41) is 10.6. The van der Waals surface area contributed by atoms with Gasteiger partial charge in [-0.15, -0.1) is 0 Å². The van der Waals surface area contributed by atoms with Gasteiger partial charge in [0.15, 0.2) is 4.80 Å². The summed E-state index contributed by atoms with van der Waals surface area (Å²) in [5.74, 6) is 0.164. The summed E-state index contributed by atoms with van der Waals surface area (Å²) >= 11 is 10.5. The SMILES string of the molecule is O=c1/c(=C/c2cc(Br)cc(I)c2O)sc2n1[C@@H](c1ccc(Br)cc1)C1=C(N=2)c2ccccc2CC1. The smallest absolute Gasteiger partial charge is 0.271 e. The van der Waals surface area contributed by atoms with Gasteiger partial charge < -0.3 is 5.11 Å². The van der Waals surface area contributed by atoms with Gasteiger partial charge in [0, 0.05) is 20.1 Å². The van der Waals surface area contributed by atoms with E-state index in [0.29, 0.717) is 14.9 Å². The van der Waals surface area contributed by atoms with E-state index in [0.717, 1.165) is 42.2 Å². The Hall–Kier alpha value is -2.01. The molecule has 1 atom stereocenters. The van der Waals surface area contributed by atoms with Crippen LogP contribution >= 0.6 is 65.8 Å². The summed E-state index contributed by atoms with van der Waals surface area (Å²) in [6, 6.07) is 20.0. The molecule has 35 heavy (non-hydrogen) atoms. The Labute approximate surface area is 235 Å². The molecule has 8 heteroatoms. The molecule has 6 rings (SSSR count). The maximum Gasteiger partial charge on any atom is 0.271 e. The monoisotopic (exact) mass is 718 g/mol. The van der Waals surface area contributed by atoms with Crippen LogP contribution in [0.2, 0.25) is 0 Å². The second-order valence-electron chi connectivity index (χ2n) is 8.49. The molecule has 0 unspecified atom stereocenters. The molecule has 0 saturated carbocycles. The lowest BCUT2D eigenvalue weighted by Gasteiger charge is -2.30. The van der Waals surface area contributed by atoms with Crippen LogP contribution in [0.1, 0.15) is 34.7 Å². The maximum absolute atomic E-state index is 13.8. The van der Waals surface area contributed by atoms with Crippen molar-refractivity contribution >= 4 is 77.6 Å². The number of aryl methyl sites for hydroxylation is 1. The van der Waals surface area contributed by atoms with Crippen LogP contribution in [0.5, 0.6) is 5.75 Å². The molecule has 1 N–H and O–H groups in total. The first-order valence-electron chi connectivity index (χ1n) is 11.0. The Morgan fingerprint density at radius 2 is 1.83 bits per heavy atom. The van der Waals surface area contributed by atoms with Gasteiger partial charge in [0.05, 0.1) is 19.8 Å². The molecule has 0 saturated heterocycles. The van der Waals surface area contributed by atoms with Crippen molar-refractivity contribution in [2.45, 2.75) is 18.9 Å². The fraction of sp³-hybridized carbons (Fsp3) is 0.111. The Bertz CT molecular complexity index is 1720. The van der Waals surface area contributed by atoms with Crippen molar-refractivity contribution in [1.29, 1.82) is 0 Å². The van der Waals surface area contributed by atoms with Crippen molar-refractivity contribution in [1.82, 2.24) is 4.57 Å². The van der Waals surface area contributed by atoms with Gasteiger partial charge >= 0.3 is 0 Å². The molecule has 174 valence electrons. The third kappa shape index (κ3) is 4.08. The molecule has 1 aliphatic carbocycles. The molecule has 0 amide bonds. The van der Waals surface area contributed by atoms with Crippen molar-refractivity contribution in [2.75, 3.05) is 0 Å². The fourth-order valence-electron chi connectivity index (χ4n) is 4.80. The van der Waals surface area contributed by atoms with E-state index in [-0.39, 0.29) is 17.4 Å².